The highest BCUT2D eigenvalue weighted by Gasteiger charge is 2.35. The zero-order chi connectivity index (χ0) is 22.7. The Bertz CT molecular complexity index is 1030. The molecule has 0 aromatic heterocycles. The van der Waals surface area contributed by atoms with Gasteiger partial charge < -0.3 is 5.32 Å². The second kappa shape index (κ2) is 9.65. The molecule has 2 aromatic carbocycles. The van der Waals surface area contributed by atoms with Crippen LogP contribution in [-0.4, -0.2) is 46.7 Å². The van der Waals surface area contributed by atoms with E-state index in [1.807, 2.05) is 25.1 Å². The molecule has 0 saturated carbocycles. The van der Waals surface area contributed by atoms with Crippen molar-refractivity contribution in [2.24, 2.45) is 0 Å². The summed E-state index contributed by atoms with van der Waals surface area (Å²) in [5.41, 5.74) is 4.12. The molecule has 168 valence electrons. The summed E-state index contributed by atoms with van der Waals surface area (Å²) < 4.78 is 0. The lowest BCUT2D eigenvalue weighted by Crippen LogP contribution is -2.37. The second-order valence-corrected chi connectivity index (χ2v) is 8.92. The number of aryl methyl sites for hydroxylation is 1. The summed E-state index contributed by atoms with van der Waals surface area (Å²) in [7, 11) is 0. The molecule has 2 heterocycles. The van der Waals surface area contributed by atoms with Gasteiger partial charge in [-0.25, -0.2) is 0 Å². The lowest BCUT2D eigenvalue weighted by Gasteiger charge is -2.33. The van der Waals surface area contributed by atoms with E-state index >= 15 is 0 Å². The molecule has 3 amide bonds. The smallest absolute Gasteiger partial charge is 0.261 e. The van der Waals surface area contributed by atoms with Gasteiger partial charge in [0.15, 0.2) is 0 Å². The van der Waals surface area contributed by atoms with Gasteiger partial charge in [0, 0.05) is 32.1 Å². The van der Waals surface area contributed by atoms with Crippen molar-refractivity contribution in [2.75, 3.05) is 13.1 Å². The van der Waals surface area contributed by atoms with E-state index in [4.69, 9.17) is 0 Å². The van der Waals surface area contributed by atoms with Crippen LogP contribution in [0, 0.1) is 6.92 Å². The van der Waals surface area contributed by atoms with Crippen LogP contribution in [-0.2, 0) is 17.9 Å². The van der Waals surface area contributed by atoms with Crippen molar-refractivity contribution >= 4 is 17.7 Å². The topological polar surface area (TPSA) is 69.7 Å². The van der Waals surface area contributed by atoms with Crippen LogP contribution in [0.5, 0.6) is 0 Å². The summed E-state index contributed by atoms with van der Waals surface area (Å²) in [6.45, 7) is 6.70. The summed E-state index contributed by atoms with van der Waals surface area (Å²) in [6.07, 6.45) is 3.86. The summed E-state index contributed by atoms with van der Waals surface area (Å²) in [4.78, 5) is 41.3. The maximum atomic E-state index is 12.6. The highest BCUT2D eigenvalue weighted by atomic mass is 16.2. The zero-order valence-corrected chi connectivity index (χ0v) is 18.9. The van der Waals surface area contributed by atoms with Crippen molar-refractivity contribution in [3.8, 4) is 0 Å². The third-order valence-electron chi connectivity index (χ3n) is 6.60. The standard InChI is InChI=1S/C26H31N3O3/c1-18-10-11-22-23(15-18)26(32)29(25(22)31)14-12-24(30)27-16-20-8-3-4-9-21(20)17-28-13-6-5-7-19(28)2/h3-4,8-11,15,19H,5-7,12-14,16-17H2,1-2H3,(H,27,30). The molecule has 1 unspecified atom stereocenters. The molecule has 0 spiro atoms. The van der Waals surface area contributed by atoms with E-state index in [1.54, 1.807) is 12.1 Å². The van der Waals surface area contributed by atoms with Gasteiger partial charge in [0.05, 0.1) is 11.1 Å². The Hall–Kier alpha value is -2.99. The average Bonchev–Trinajstić information content (AvgIpc) is 3.02. The van der Waals surface area contributed by atoms with Crippen molar-refractivity contribution < 1.29 is 14.4 Å². The highest BCUT2D eigenvalue weighted by Crippen LogP contribution is 2.24. The van der Waals surface area contributed by atoms with Crippen LogP contribution >= 0.6 is 0 Å². The number of hydrogen-bond acceptors (Lipinski definition) is 4. The Morgan fingerprint density at radius 2 is 1.78 bits per heavy atom. The highest BCUT2D eigenvalue weighted by molar-refractivity contribution is 6.21. The predicted molar refractivity (Wildman–Crippen MR) is 123 cm³/mol. The fourth-order valence-electron chi connectivity index (χ4n) is 4.60. The van der Waals surface area contributed by atoms with Crippen molar-refractivity contribution in [1.29, 1.82) is 0 Å². The fourth-order valence-corrected chi connectivity index (χ4v) is 4.60. The fraction of sp³-hybridized carbons (Fsp3) is 0.423. The van der Waals surface area contributed by atoms with Gasteiger partial charge in [0.25, 0.3) is 11.8 Å². The molecule has 32 heavy (non-hydrogen) atoms. The third kappa shape index (κ3) is 4.75. The normalized spacial score (nSPS) is 18.7. The van der Waals surface area contributed by atoms with Gasteiger partial charge in [-0.1, -0.05) is 42.3 Å². The van der Waals surface area contributed by atoms with E-state index in [2.05, 4.69) is 29.3 Å². The van der Waals surface area contributed by atoms with E-state index in [9.17, 15) is 14.4 Å². The Morgan fingerprint density at radius 1 is 1.03 bits per heavy atom. The second-order valence-electron chi connectivity index (χ2n) is 8.92. The number of piperidine rings is 1. The van der Waals surface area contributed by atoms with Crippen LogP contribution in [0.3, 0.4) is 0 Å². The molecule has 4 rings (SSSR count). The number of carbonyl (C=O) groups excluding carboxylic acids is 3. The van der Waals surface area contributed by atoms with Crippen LogP contribution < -0.4 is 5.32 Å². The largest absolute Gasteiger partial charge is 0.352 e. The molecule has 2 aromatic rings. The number of nitrogens with one attached hydrogen (secondary N) is 1. The van der Waals surface area contributed by atoms with Gasteiger partial charge >= 0.3 is 0 Å². The van der Waals surface area contributed by atoms with Crippen LogP contribution in [0.4, 0.5) is 0 Å². The van der Waals surface area contributed by atoms with Crippen LogP contribution in [0.25, 0.3) is 0 Å². The number of likely N-dealkylation sites (tertiary alicyclic amines) is 1. The Morgan fingerprint density at radius 3 is 2.56 bits per heavy atom. The molecule has 6 heteroatoms. The molecule has 6 nitrogen and oxygen atoms in total. The van der Waals surface area contributed by atoms with E-state index in [1.165, 1.54) is 29.7 Å². The number of carbonyl (C=O) groups is 3. The van der Waals surface area contributed by atoms with Gasteiger partial charge in [-0.3, -0.25) is 24.2 Å². The lowest BCUT2D eigenvalue weighted by molar-refractivity contribution is -0.121. The van der Waals surface area contributed by atoms with Crippen molar-refractivity contribution in [1.82, 2.24) is 15.1 Å². The first-order valence-corrected chi connectivity index (χ1v) is 11.5. The van der Waals surface area contributed by atoms with Crippen LogP contribution in [0.15, 0.2) is 42.5 Å². The van der Waals surface area contributed by atoms with E-state index < -0.39 is 0 Å². The first kappa shape index (κ1) is 22.2. The molecule has 1 fully saturated rings. The van der Waals surface area contributed by atoms with E-state index in [-0.39, 0.29) is 30.7 Å². The minimum absolute atomic E-state index is 0.0875. The lowest BCUT2D eigenvalue weighted by atomic mass is 10.0. The van der Waals surface area contributed by atoms with Crippen LogP contribution in [0.2, 0.25) is 0 Å². The Labute approximate surface area is 189 Å². The maximum absolute atomic E-state index is 12.6. The first-order chi connectivity index (χ1) is 15.4. The monoisotopic (exact) mass is 433 g/mol. The molecule has 1 atom stereocenters. The molecule has 1 saturated heterocycles. The number of benzene rings is 2. The van der Waals surface area contributed by atoms with E-state index in [0.29, 0.717) is 23.7 Å². The van der Waals surface area contributed by atoms with Crippen molar-refractivity contribution in [3.05, 3.63) is 70.3 Å². The Kier molecular flexibility index (Phi) is 6.70. The number of nitrogens with zero attached hydrogens (tertiary/aromatic N) is 2. The summed E-state index contributed by atoms with van der Waals surface area (Å²) in [5.74, 6) is -0.805. The average molecular weight is 434 g/mol. The molecule has 0 aliphatic carbocycles. The molecule has 1 N–H and O–H groups in total. The van der Waals surface area contributed by atoms with Crippen molar-refractivity contribution in [3.63, 3.8) is 0 Å². The number of rotatable bonds is 7. The van der Waals surface area contributed by atoms with Crippen LogP contribution in [0.1, 0.15) is 70.0 Å². The van der Waals surface area contributed by atoms with Gasteiger partial charge in [-0.2, -0.15) is 0 Å². The quantitative estimate of drug-likeness (QED) is 0.677. The molecule has 2 aliphatic heterocycles. The summed E-state index contributed by atoms with van der Waals surface area (Å²) >= 11 is 0. The molecule has 0 radical (unpaired) electrons. The summed E-state index contributed by atoms with van der Waals surface area (Å²) in [6, 6.07) is 14.0. The van der Waals surface area contributed by atoms with E-state index in [0.717, 1.165) is 24.2 Å². The number of amides is 3. The van der Waals surface area contributed by atoms with Gasteiger partial charge in [-0.15, -0.1) is 0 Å². The molecule has 2 aliphatic rings. The number of hydrogen-bond donors (Lipinski definition) is 1. The molecular weight excluding hydrogens is 402 g/mol. The minimum Gasteiger partial charge on any atom is -0.352 e. The third-order valence-corrected chi connectivity index (χ3v) is 6.60. The number of imide groups is 1. The number of fused-ring (bicyclic) bond motifs is 1. The molecular formula is C26H31N3O3. The van der Waals surface area contributed by atoms with Gasteiger partial charge in [0.1, 0.15) is 0 Å². The molecule has 0 bridgehead atoms. The minimum atomic E-state index is -0.321. The van der Waals surface area contributed by atoms with Gasteiger partial charge in [-0.05, 0) is 56.5 Å². The SMILES string of the molecule is Cc1ccc2c(c1)C(=O)N(CCC(=O)NCc1ccccc1CN1CCCCC1C)C2=O. The summed E-state index contributed by atoms with van der Waals surface area (Å²) in [5, 5.41) is 2.96. The maximum Gasteiger partial charge on any atom is 0.261 e. The predicted octanol–water partition coefficient (Wildman–Crippen LogP) is 3.67. The van der Waals surface area contributed by atoms with Crippen molar-refractivity contribution in [2.45, 2.75) is 58.7 Å². The zero-order valence-electron chi connectivity index (χ0n) is 18.9. The van der Waals surface area contributed by atoms with Gasteiger partial charge in [0.2, 0.25) is 5.91 Å². The first-order valence-electron chi connectivity index (χ1n) is 11.5. The Balaban J connectivity index is 1.31.